The molecule has 0 saturated carbocycles. The highest BCUT2D eigenvalue weighted by Gasteiger charge is 2.19. The number of benzene rings is 2. The van der Waals surface area contributed by atoms with Crippen LogP contribution in [0.25, 0.3) is 22.2 Å². The largest absolute Gasteiger partial charge is 0.387 e. The van der Waals surface area contributed by atoms with Gasteiger partial charge < -0.3 is 10.0 Å². The molecule has 0 aliphatic carbocycles. The van der Waals surface area contributed by atoms with Crippen LogP contribution in [-0.2, 0) is 0 Å². The molecule has 1 N–H and O–H groups in total. The van der Waals surface area contributed by atoms with E-state index >= 15 is 0 Å². The average Bonchev–Trinajstić information content (AvgIpc) is 2.71. The molecule has 0 radical (unpaired) electrons. The van der Waals surface area contributed by atoms with Crippen LogP contribution in [0.1, 0.15) is 43.9 Å². The number of aliphatic hydroxyl groups excluding tert-OH is 1. The van der Waals surface area contributed by atoms with E-state index in [1.165, 1.54) is 0 Å². The maximum Gasteiger partial charge on any atom is 0.0924 e. The number of rotatable bonds is 8. The summed E-state index contributed by atoms with van der Waals surface area (Å²) in [6, 6.07) is 13.5. The Labute approximate surface area is 183 Å². The summed E-state index contributed by atoms with van der Waals surface area (Å²) in [6.45, 7) is 8.86. The van der Waals surface area contributed by atoms with Gasteiger partial charge in [0.2, 0.25) is 0 Å². The minimum absolute atomic E-state index is 0.600. The van der Waals surface area contributed by atoms with E-state index in [0.717, 1.165) is 59.2 Å². The van der Waals surface area contributed by atoms with Gasteiger partial charge in [-0.2, -0.15) is 0 Å². The third-order valence-electron chi connectivity index (χ3n) is 5.21. The molecule has 3 rings (SSSR count). The average molecular weight is 431 g/mol. The standard InChI is InChI=1S/C24H28Cl2N2O/c1-4-12-28(13-5-2)15-23(29)20-14-22(17-6-8-18(25)9-7-17)27-24-16(3)21(26)11-10-19(20)24/h6-11,14,23,29H,4-5,12-13,15H2,1-3H3/t23-/m0/s1. The Balaban J connectivity index is 2.11. The SMILES string of the molecule is CCCN(CCC)C[C@H](O)c1cc(-c2ccc(Cl)cc2)nc2c(C)c(Cl)ccc12. The van der Waals surface area contributed by atoms with Crippen molar-refractivity contribution < 1.29 is 5.11 Å². The van der Waals surface area contributed by atoms with Gasteiger partial charge in [-0.25, -0.2) is 4.98 Å². The molecule has 1 heterocycles. The zero-order chi connectivity index (χ0) is 21.0. The number of aromatic nitrogens is 1. The van der Waals surface area contributed by atoms with Gasteiger partial charge in [0.05, 0.1) is 17.3 Å². The Kier molecular flexibility index (Phi) is 7.53. The van der Waals surface area contributed by atoms with Crippen LogP contribution >= 0.6 is 23.2 Å². The minimum Gasteiger partial charge on any atom is -0.387 e. The van der Waals surface area contributed by atoms with Gasteiger partial charge in [-0.15, -0.1) is 0 Å². The molecule has 0 amide bonds. The van der Waals surface area contributed by atoms with Crippen LogP contribution in [0.2, 0.25) is 10.0 Å². The number of pyridine rings is 1. The minimum atomic E-state index is -0.606. The van der Waals surface area contributed by atoms with Crippen molar-refractivity contribution in [3.05, 3.63) is 63.6 Å². The van der Waals surface area contributed by atoms with E-state index in [2.05, 4.69) is 18.7 Å². The van der Waals surface area contributed by atoms with Crippen LogP contribution in [0, 0.1) is 6.92 Å². The van der Waals surface area contributed by atoms with Crippen LogP contribution in [0.15, 0.2) is 42.5 Å². The van der Waals surface area contributed by atoms with Crippen molar-refractivity contribution in [3.63, 3.8) is 0 Å². The highest BCUT2D eigenvalue weighted by molar-refractivity contribution is 6.32. The van der Waals surface area contributed by atoms with Crippen LogP contribution in [0.4, 0.5) is 0 Å². The van der Waals surface area contributed by atoms with E-state index in [1.54, 1.807) is 0 Å². The predicted molar refractivity (Wildman–Crippen MR) is 124 cm³/mol. The summed E-state index contributed by atoms with van der Waals surface area (Å²) in [7, 11) is 0. The lowest BCUT2D eigenvalue weighted by atomic mass is 9.98. The highest BCUT2D eigenvalue weighted by atomic mass is 35.5. The molecule has 0 unspecified atom stereocenters. The van der Waals surface area contributed by atoms with Gasteiger partial charge in [-0.05, 0) is 68.2 Å². The zero-order valence-electron chi connectivity index (χ0n) is 17.3. The second-order valence-corrected chi connectivity index (χ2v) is 8.33. The van der Waals surface area contributed by atoms with Crippen LogP contribution < -0.4 is 0 Å². The molecule has 0 aliphatic rings. The number of aliphatic hydroxyl groups is 1. The number of aryl methyl sites for hydroxylation is 1. The molecule has 0 spiro atoms. The monoisotopic (exact) mass is 430 g/mol. The van der Waals surface area contributed by atoms with Crippen molar-refractivity contribution in [2.75, 3.05) is 19.6 Å². The van der Waals surface area contributed by atoms with Crippen LogP contribution in [0.5, 0.6) is 0 Å². The van der Waals surface area contributed by atoms with Crippen LogP contribution in [-0.4, -0.2) is 34.6 Å². The summed E-state index contributed by atoms with van der Waals surface area (Å²) < 4.78 is 0. The second-order valence-electron chi connectivity index (χ2n) is 7.49. The quantitative estimate of drug-likeness (QED) is 0.433. The smallest absolute Gasteiger partial charge is 0.0924 e. The zero-order valence-corrected chi connectivity index (χ0v) is 18.8. The van der Waals surface area contributed by atoms with Gasteiger partial charge in [-0.1, -0.05) is 55.2 Å². The molecule has 154 valence electrons. The second kappa shape index (κ2) is 9.90. The fourth-order valence-corrected chi connectivity index (χ4v) is 4.02. The fraction of sp³-hybridized carbons (Fsp3) is 0.375. The lowest BCUT2D eigenvalue weighted by Gasteiger charge is -2.25. The molecule has 3 nitrogen and oxygen atoms in total. The topological polar surface area (TPSA) is 36.4 Å². The normalized spacial score (nSPS) is 12.7. The van der Waals surface area contributed by atoms with E-state index in [0.29, 0.717) is 16.6 Å². The Hall–Kier alpha value is -1.65. The Morgan fingerprint density at radius 2 is 1.66 bits per heavy atom. The van der Waals surface area contributed by atoms with Crippen molar-refractivity contribution in [3.8, 4) is 11.3 Å². The fourth-order valence-electron chi connectivity index (χ4n) is 3.74. The van der Waals surface area contributed by atoms with E-state index in [9.17, 15) is 5.11 Å². The predicted octanol–water partition coefficient (Wildman–Crippen LogP) is 6.67. The molecule has 0 saturated heterocycles. The third-order valence-corrected chi connectivity index (χ3v) is 5.87. The maximum atomic E-state index is 11.2. The van der Waals surface area contributed by atoms with Gasteiger partial charge in [0.1, 0.15) is 0 Å². The van der Waals surface area contributed by atoms with Gasteiger partial charge in [0, 0.05) is 27.5 Å². The van der Waals surface area contributed by atoms with E-state index in [1.807, 2.05) is 49.4 Å². The molecule has 3 aromatic rings. The van der Waals surface area contributed by atoms with Crippen molar-refractivity contribution in [2.45, 2.75) is 39.7 Å². The van der Waals surface area contributed by atoms with Crippen molar-refractivity contribution in [1.82, 2.24) is 9.88 Å². The van der Waals surface area contributed by atoms with Gasteiger partial charge in [0.15, 0.2) is 0 Å². The number of hydrogen-bond acceptors (Lipinski definition) is 3. The molecule has 0 fully saturated rings. The molecule has 29 heavy (non-hydrogen) atoms. The van der Waals surface area contributed by atoms with Crippen LogP contribution in [0.3, 0.4) is 0 Å². The molecule has 5 heteroatoms. The lowest BCUT2D eigenvalue weighted by Crippen LogP contribution is -2.30. The number of halogens is 2. The Morgan fingerprint density at radius 1 is 1.00 bits per heavy atom. The summed E-state index contributed by atoms with van der Waals surface area (Å²) in [5.74, 6) is 0. The maximum absolute atomic E-state index is 11.2. The summed E-state index contributed by atoms with van der Waals surface area (Å²) in [5.41, 5.74) is 4.41. The van der Waals surface area contributed by atoms with Gasteiger partial charge in [0.25, 0.3) is 0 Å². The molecule has 0 aliphatic heterocycles. The van der Waals surface area contributed by atoms with Gasteiger partial charge in [-0.3, -0.25) is 0 Å². The van der Waals surface area contributed by atoms with E-state index in [4.69, 9.17) is 28.2 Å². The first kappa shape index (κ1) is 22.0. The summed E-state index contributed by atoms with van der Waals surface area (Å²) in [5, 5.41) is 13.5. The Morgan fingerprint density at radius 3 is 2.28 bits per heavy atom. The summed E-state index contributed by atoms with van der Waals surface area (Å²) in [6.07, 6.45) is 1.52. The third kappa shape index (κ3) is 5.10. The van der Waals surface area contributed by atoms with E-state index in [-0.39, 0.29) is 0 Å². The van der Waals surface area contributed by atoms with Crippen molar-refractivity contribution >= 4 is 34.1 Å². The highest BCUT2D eigenvalue weighted by Crippen LogP contribution is 2.33. The van der Waals surface area contributed by atoms with Crippen molar-refractivity contribution in [2.24, 2.45) is 0 Å². The van der Waals surface area contributed by atoms with E-state index < -0.39 is 6.10 Å². The number of nitrogens with zero attached hydrogens (tertiary/aromatic N) is 2. The Bertz CT molecular complexity index is 967. The first-order valence-corrected chi connectivity index (χ1v) is 11.0. The molecule has 2 aromatic carbocycles. The molecule has 1 aromatic heterocycles. The lowest BCUT2D eigenvalue weighted by molar-refractivity contribution is 0.114. The summed E-state index contributed by atoms with van der Waals surface area (Å²) >= 11 is 12.4. The van der Waals surface area contributed by atoms with Gasteiger partial charge >= 0.3 is 0 Å². The van der Waals surface area contributed by atoms with Crippen molar-refractivity contribution in [1.29, 1.82) is 0 Å². The summed E-state index contributed by atoms with van der Waals surface area (Å²) in [4.78, 5) is 7.20. The molecular formula is C24H28Cl2N2O. The molecule has 0 bridgehead atoms. The molecular weight excluding hydrogens is 403 g/mol. The number of hydrogen-bond donors (Lipinski definition) is 1. The molecule has 1 atom stereocenters. The first-order chi connectivity index (χ1) is 13.9. The first-order valence-electron chi connectivity index (χ1n) is 10.2. The number of fused-ring (bicyclic) bond motifs is 1.